The van der Waals surface area contributed by atoms with E-state index >= 15 is 0 Å². The average molecular weight is 173 g/mol. The Hall–Kier alpha value is -0.450. The Labute approximate surface area is 73.7 Å². The molecular weight excluding hydrogens is 154 g/mol. The molecule has 0 fully saturated rings. The highest BCUT2D eigenvalue weighted by atomic mass is 16.1. The third kappa shape index (κ3) is 4.43. The highest BCUT2D eigenvalue weighted by molar-refractivity contribution is 5.85. The van der Waals surface area contributed by atoms with Gasteiger partial charge in [0.25, 0.3) is 0 Å². The zero-order valence-corrected chi connectivity index (χ0v) is 8.00. The molecule has 5 N–H and O–H groups in total. The summed E-state index contributed by atoms with van der Waals surface area (Å²) in [6, 6.07) is -0.434. The number of carbonyl (C=O) groups excluding carboxylic acids is 1. The van der Waals surface area contributed by atoms with Gasteiger partial charge >= 0.3 is 0 Å². The molecule has 2 atom stereocenters. The van der Waals surface area contributed by atoms with E-state index in [1.165, 1.54) is 0 Å². The van der Waals surface area contributed by atoms with Gasteiger partial charge in [-0.3, -0.25) is 4.79 Å². The number of rotatable bonds is 5. The van der Waals surface area contributed by atoms with E-state index in [1.807, 2.05) is 20.8 Å². The molecule has 4 nitrogen and oxygen atoms in total. The monoisotopic (exact) mass is 173 g/mol. The summed E-state index contributed by atoms with van der Waals surface area (Å²) in [5.41, 5.74) is 11.0. The fraction of sp³-hybridized carbons (Fsp3) is 0.875. The van der Waals surface area contributed by atoms with Crippen LogP contribution in [0.15, 0.2) is 0 Å². The standard InChI is InChI=1S/C8H19N3O/c1-5(2)8(12)7(10)4-11-6(3)9/h5-7,11H,4,9-10H2,1-3H3/t6?,7-/m0/s1. The average Bonchev–Trinajstić information content (AvgIpc) is 1.98. The number of Topliss-reactive ketones (excluding diaryl/α,β-unsaturated/α-hetero) is 1. The van der Waals surface area contributed by atoms with E-state index in [0.717, 1.165) is 0 Å². The van der Waals surface area contributed by atoms with Crippen LogP contribution in [-0.4, -0.2) is 24.5 Å². The van der Waals surface area contributed by atoms with Crippen LogP contribution in [0.4, 0.5) is 0 Å². The molecular formula is C8H19N3O. The van der Waals surface area contributed by atoms with Crippen LogP contribution in [0.3, 0.4) is 0 Å². The lowest BCUT2D eigenvalue weighted by molar-refractivity contribution is -0.123. The topological polar surface area (TPSA) is 81.1 Å². The van der Waals surface area contributed by atoms with Crippen molar-refractivity contribution >= 4 is 5.78 Å². The molecule has 4 heteroatoms. The van der Waals surface area contributed by atoms with E-state index in [0.29, 0.717) is 6.54 Å². The summed E-state index contributed by atoms with van der Waals surface area (Å²) >= 11 is 0. The number of ketones is 1. The van der Waals surface area contributed by atoms with Crippen molar-refractivity contribution in [2.24, 2.45) is 17.4 Å². The summed E-state index contributed by atoms with van der Waals surface area (Å²) in [6.45, 7) is 5.95. The molecule has 0 radical (unpaired) electrons. The van der Waals surface area contributed by atoms with Gasteiger partial charge in [-0.05, 0) is 6.92 Å². The largest absolute Gasteiger partial charge is 0.320 e. The van der Waals surface area contributed by atoms with E-state index in [4.69, 9.17) is 11.5 Å². The molecule has 0 aromatic carbocycles. The Kier molecular flexibility index (Phi) is 5.04. The van der Waals surface area contributed by atoms with Crippen molar-refractivity contribution < 1.29 is 4.79 Å². The van der Waals surface area contributed by atoms with Crippen LogP contribution in [0.2, 0.25) is 0 Å². The first-order chi connectivity index (χ1) is 5.45. The molecule has 0 heterocycles. The first-order valence-electron chi connectivity index (χ1n) is 4.23. The zero-order chi connectivity index (χ0) is 9.72. The summed E-state index contributed by atoms with van der Waals surface area (Å²) in [5.74, 6) is 0.0676. The molecule has 72 valence electrons. The lowest BCUT2D eigenvalue weighted by Gasteiger charge is -2.15. The zero-order valence-electron chi connectivity index (χ0n) is 8.00. The first kappa shape index (κ1) is 11.6. The van der Waals surface area contributed by atoms with Crippen LogP contribution in [-0.2, 0) is 4.79 Å². The Morgan fingerprint density at radius 3 is 2.17 bits per heavy atom. The lowest BCUT2D eigenvalue weighted by Crippen LogP contribution is -2.47. The number of nitrogens with two attached hydrogens (primary N) is 2. The van der Waals surface area contributed by atoms with Gasteiger partial charge < -0.3 is 16.8 Å². The maximum Gasteiger partial charge on any atom is 0.153 e. The number of nitrogens with one attached hydrogen (secondary N) is 1. The highest BCUT2D eigenvalue weighted by Gasteiger charge is 2.16. The van der Waals surface area contributed by atoms with Gasteiger partial charge in [0.2, 0.25) is 0 Å². The minimum atomic E-state index is -0.434. The predicted octanol–water partition coefficient (Wildman–Crippen LogP) is -0.567. The van der Waals surface area contributed by atoms with Crippen molar-refractivity contribution in [2.75, 3.05) is 6.54 Å². The maximum absolute atomic E-state index is 11.2. The van der Waals surface area contributed by atoms with Crippen molar-refractivity contribution in [3.63, 3.8) is 0 Å². The van der Waals surface area contributed by atoms with Crippen molar-refractivity contribution in [1.82, 2.24) is 5.32 Å². The molecule has 0 saturated heterocycles. The second-order valence-corrected chi connectivity index (χ2v) is 3.36. The first-order valence-corrected chi connectivity index (χ1v) is 4.23. The molecule has 0 rings (SSSR count). The van der Waals surface area contributed by atoms with Crippen molar-refractivity contribution in [3.05, 3.63) is 0 Å². The molecule has 12 heavy (non-hydrogen) atoms. The fourth-order valence-corrected chi connectivity index (χ4v) is 0.842. The van der Waals surface area contributed by atoms with Crippen molar-refractivity contribution in [3.8, 4) is 0 Å². The van der Waals surface area contributed by atoms with E-state index in [1.54, 1.807) is 0 Å². The van der Waals surface area contributed by atoms with Crippen molar-refractivity contribution in [1.29, 1.82) is 0 Å². The van der Waals surface area contributed by atoms with E-state index in [-0.39, 0.29) is 17.9 Å². The SMILES string of the molecule is CC(N)NC[C@H](N)C(=O)C(C)C. The second kappa shape index (κ2) is 5.24. The summed E-state index contributed by atoms with van der Waals surface area (Å²) in [6.07, 6.45) is -0.115. The van der Waals surface area contributed by atoms with E-state index in [9.17, 15) is 4.79 Å². The van der Waals surface area contributed by atoms with Gasteiger partial charge in [-0.2, -0.15) is 0 Å². The van der Waals surface area contributed by atoms with E-state index in [2.05, 4.69) is 5.32 Å². The Morgan fingerprint density at radius 1 is 1.33 bits per heavy atom. The quantitative estimate of drug-likeness (QED) is 0.486. The van der Waals surface area contributed by atoms with Crippen LogP contribution in [0, 0.1) is 5.92 Å². The molecule has 0 saturated carbocycles. The van der Waals surface area contributed by atoms with Gasteiger partial charge in [-0.1, -0.05) is 13.8 Å². The summed E-state index contributed by atoms with van der Waals surface area (Å²) < 4.78 is 0. The number of carbonyl (C=O) groups is 1. The van der Waals surface area contributed by atoms with Crippen LogP contribution in [0.5, 0.6) is 0 Å². The molecule has 1 unspecified atom stereocenters. The van der Waals surface area contributed by atoms with Crippen LogP contribution in [0.25, 0.3) is 0 Å². The second-order valence-electron chi connectivity index (χ2n) is 3.36. The van der Waals surface area contributed by atoms with Crippen LogP contribution >= 0.6 is 0 Å². The molecule has 0 aromatic heterocycles. The van der Waals surface area contributed by atoms with Crippen LogP contribution < -0.4 is 16.8 Å². The van der Waals surface area contributed by atoms with Gasteiger partial charge in [-0.25, -0.2) is 0 Å². The third-order valence-electron chi connectivity index (χ3n) is 1.59. The van der Waals surface area contributed by atoms with Gasteiger partial charge in [0.1, 0.15) is 0 Å². The Balaban J connectivity index is 3.72. The Bertz CT molecular complexity index is 145. The summed E-state index contributed by atoms with van der Waals surface area (Å²) in [7, 11) is 0. The molecule has 0 aliphatic heterocycles. The van der Waals surface area contributed by atoms with Crippen LogP contribution in [0.1, 0.15) is 20.8 Å². The number of hydrogen-bond acceptors (Lipinski definition) is 4. The molecule has 0 aliphatic rings. The predicted molar refractivity (Wildman–Crippen MR) is 49.5 cm³/mol. The minimum absolute atomic E-state index is 0.00474. The normalized spacial score (nSPS) is 16.2. The summed E-state index contributed by atoms with van der Waals surface area (Å²) in [5, 5.41) is 2.91. The Morgan fingerprint density at radius 2 is 1.83 bits per heavy atom. The molecule has 0 aliphatic carbocycles. The lowest BCUT2D eigenvalue weighted by atomic mass is 10.0. The van der Waals surface area contributed by atoms with Gasteiger partial charge in [0, 0.05) is 12.5 Å². The van der Waals surface area contributed by atoms with Gasteiger partial charge in [-0.15, -0.1) is 0 Å². The third-order valence-corrected chi connectivity index (χ3v) is 1.59. The minimum Gasteiger partial charge on any atom is -0.320 e. The molecule has 0 aromatic rings. The van der Waals surface area contributed by atoms with Gasteiger partial charge in [0.05, 0.1) is 12.2 Å². The van der Waals surface area contributed by atoms with E-state index < -0.39 is 6.04 Å². The summed E-state index contributed by atoms with van der Waals surface area (Å²) in [4.78, 5) is 11.2. The maximum atomic E-state index is 11.2. The smallest absolute Gasteiger partial charge is 0.153 e. The number of hydrogen-bond donors (Lipinski definition) is 3. The van der Waals surface area contributed by atoms with Crippen molar-refractivity contribution in [2.45, 2.75) is 33.0 Å². The fourth-order valence-electron chi connectivity index (χ4n) is 0.842. The highest BCUT2D eigenvalue weighted by Crippen LogP contribution is 1.96. The molecule has 0 bridgehead atoms. The van der Waals surface area contributed by atoms with Gasteiger partial charge in [0.15, 0.2) is 5.78 Å². The molecule has 0 spiro atoms. The molecule has 0 amide bonds.